The van der Waals surface area contributed by atoms with Gasteiger partial charge in [-0.3, -0.25) is 4.79 Å². The van der Waals surface area contributed by atoms with Gasteiger partial charge in [-0.05, 0) is 49.2 Å². The van der Waals surface area contributed by atoms with E-state index in [1.165, 1.54) is 12.3 Å². The highest BCUT2D eigenvalue weighted by atomic mass is 16.3. The van der Waals surface area contributed by atoms with E-state index < -0.39 is 5.91 Å². The molecule has 0 aliphatic carbocycles. The minimum absolute atomic E-state index is 0.0247. The number of carbonyl (C=O) groups is 1. The third-order valence-corrected chi connectivity index (χ3v) is 2.48. The SMILES string of the molecule is Cc1cc(C)cc(NC(=O)c2ncccc2O)c1. The van der Waals surface area contributed by atoms with Gasteiger partial charge in [-0.1, -0.05) is 6.07 Å². The van der Waals surface area contributed by atoms with Crippen molar-refractivity contribution in [2.75, 3.05) is 5.32 Å². The van der Waals surface area contributed by atoms with Crippen LogP contribution in [0.4, 0.5) is 5.69 Å². The molecule has 92 valence electrons. The molecule has 0 atom stereocenters. The Morgan fingerprint density at radius 1 is 1.22 bits per heavy atom. The Morgan fingerprint density at radius 3 is 2.50 bits per heavy atom. The first-order valence-corrected chi connectivity index (χ1v) is 5.60. The lowest BCUT2D eigenvalue weighted by Crippen LogP contribution is -2.13. The number of nitrogens with zero attached hydrogens (tertiary/aromatic N) is 1. The van der Waals surface area contributed by atoms with Crippen LogP contribution in [0.25, 0.3) is 0 Å². The summed E-state index contributed by atoms with van der Waals surface area (Å²) in [4.78, 5) is 15.8. The van der Waals surface area contributed by atoms with Gasteiger partial charge >= 0.3 is 0 Å². The molecule has 0 radical (unpaired) electrons. The molecule has 2 aromatic rings. The maximum Gasteiger partial charge on any atom is 0.278 e. The first kappa shape index (κ1) is 12.1. The predicted octanol–water partition coefficient (Wildman–Crippen LogP) is 2.66. The maximum absolute atomic E-state index is 11.9. The molecule has 0 saturated heterocycles. The average molecular weight is 242 g/mol. The van der Waals surface area contributed by atoms with Crippen LogP contribution in [0.3, 0.4) is 0 Å². The third kappa shape index (κ3) is 2.66. The van der Waals surface area contributed by atoms with Crippen LogP contribution >= 0.6 is 0 Å². The van der Waals surface area contributed by atoms with E-state index in [0.717, 1.165) is 11.1 Å². The van der Waals surface area contributed by atoms with Crippen LogP contribution in [0.5, 0.6) is 5.75 Å². The van der Waals surface area contributed by atoms with Gasteiger partial charge in [0.15, 0.2) is 5.69 Å². The second kappa shape index (κ2) is 4.87. The highest BCUT2D eigenvalue weighted by molar-refractivity contribution is 6.04. The molecule has 4 nitrogen and oxygen atoms in total. The zero-order valence-electron chi connectivity index (χ0n) is 10.3. The molecule has 18 heavy (non-hydrogen) atoms. The second-order valence-corrected chi connectivity index (χ2v) is 4.20. The molecule has 0 bridgehead atoms. The summed E-state index contributed by atoms with van der Waals surface area (Å²) in [6.07, 6.45) is 1.47. The topological polar surface area (TPSA) is 62.2 Å². The van der Waals surface area contributed by atoms with Crippen LogP contribution in [0.2, 0.25) is 0 Å². The summed E-state index contributed by atoms with van der Waals surface area (Å²) in [6.45, 7) is 3.92. The number of rotatable bonds is 2. The Balaban J connectivity index is 2.24. The summed E-state index contributed by atoms with van der Waals surface area (Å²) < 4.78 is 0. The molecule has 0 aliphatic heterocycles. The Morgan fingerprint density at radius 2 is 1.89 bits per heavy atom. The Labute approximate surface area is 105 Å². The Bertz CT molecular complexity index is 574. The minimum Gasteiger partial charge on any atom is -0.505 e. The first-order valence-electron chi connectivity index (χ1n) is 5.60. The second-order valence-electron chi connectivity index (χ2n) is 4.20. The molecular weight excluding hydrogens is 228 g/mol. The molecule has 0 unspecified atom stereocenters. The number of nitrogens with one attached hydrogen (secondary N) is 1. The van der Waals surface area contributed by atoms with Crippen LogP contribution in [0.15, 0.2) is 36.5 Å². The number of hydrogen-bond acceptors (Lipinski definition) is 3. The van der Waals surface area contributed by atoms with E-state index in [0.29, 0.717) is 5.69 Å². The van der Waals surface area contributed by atoms with Gasteiger partial charge in [0.25, 0.3) is 5.91 Å². The van der Waals surface area contributed by atoms with E-state index >= 15 is 0 Å². The van der Waals surface area contributed by atoms with Crippen molar-refractivity contribution < 1.29 is 9.90 Å². The summed E-state index contributed by atoms with van der Waals surface area (Å²) in [7, 11) is 0. The van der Waals surface area contributed by atoms with Gasteiger partial charge in [-0.15, -0.1) is 0 Å². The molecule has 0 aliphatic rings. The molecule has 2 N–H and O–H groups in total. The van der Waals surface area contributed by atoms with Gasteiger partial charge in [-0.2, -0.15) is 0 Å². The maximum atomic E-state index is 11.9. The van der Waals surface area contributed by atoms with Crippen molar-refractivity contribution in [3.63, 3.8) is 0 Å². The number of carbonyl (C=O) groups excluding carboxylic acids is 1. The lowest BCUT2D eigenvalue weighted by molar-refractivity contribution is 0.101. The molecule has 0 spiro atoms. The number of anilines is 1. The van der Waals surface area contributed by atoms with E-state index in [2.05, 4.69) is 10.3 Å². The van der Waals surface area contributed by atoms with Crippen LogP contribution in [0.1, 0.15) is 21.6 Å². The summed E-state index contributed by atoms with van der Waals surface area (Å²) >= 11 is 0. The number of benzene rings is 1. The van der Waals surface area contributed by atoms with E-state index in [1.54, 1.807) is 6.07 Å². The lowest BCUT2D eigenvalue weighted by Gasteiger charge is -2.07. The Kier molecular flexibility index (Phi) is 3.28. The quantitative estimate of drug-likeness (QED) is 0.851. The summed E-state index contributed by atoms with van der Waals surface area (Å²) in [5.41, 5.74) is 2.85. The van der Waals surface area contributed by atoms with E-state index in [9.17, 15) is 9.90 Å². The monoisotopic (exact) mass is 242 g/mol. The van der Waals surface area contributed by atoms with Gasteiger partial charge in [0.2, 0.25) is 0 Å². The van der Waals surface area contributed by atoms with Gasteiger partial charge in [0.05, 0.1) is 0 Å². The van der Waals surface area contributed by atoms with Crippen LogP contribution < -0.4 is 5.32 Å². The molecule has 2 rings (SSSR count). The normalized spacial score (nSPS) is 10.1. The van der Waals surface area contributed by atoms with Crippen LogP contribution in [-0.4, -0.2) is 16.0 Å². The average Bonchev–Trinajstić information content (AvgIpc) is 2.27. The van der Waals surface area contributed by atoms with E-state index in [1.807, 2.05) is 32.0 Å². The number of hydrogen-bond donors (Lipinski definition) is 2. The molecule has 1 amide bonds. The zero-order valence-corrected chi connectivity index (χ0v) is 10.3. The van der Waals surface area contributed by atoms with E-state index in [4.69, 9.17) is 0 Å². The van der Waals surface area contributed by atoms with Gasteiger partial charge in [0, 0.05) is 11.9 Å². The minimum atomic E-state index is -0.418. The summed E-state index contributed by atoms with van der Waals surface area (Å²) in [5, 5.41) is 12.3. The number of aromatic nitrogens is 1. The van der Waals surface area contributed by atoms with Crippen molar-refractivity contribution in [1.82, 2.24) is 4.98 Å². The Hall–Kier alpha value is -2.36. The van der Waals surface area contributed by atoms with Crippen molar-refractivity contribution in [1.29, 1.82) is 0 Å². The fourth-order valence-corrected chi connectivity index (χ4v) is 1.81. The molecule has 0 fully saturated rings. The van der Waals surface area contributed by atoms with Crippen LogP contribution in [-0.2, 0) is 0 Å². The molecule has 1 heterocycles. The fraction of sp³-hybridized carbons (Fsp3) is 0.143. The summed E-state index contributed by atoms with van der Waals surface area (Å²) in [5.74, 6) is -0.544. The number of amides is 1. The fourth-order valence-electron chi connectivity index (χ4n) is 1.81. The standard InChI is InChI=1S/C14H14N2O2/c1-9-6-10(2)8-11(7-9)16-14(18)13-12(17)4-3-5-15-13/h3-8,17H,1-2H3,(H,16,18). The molecule has 1 aromatic heterocycles. The van der Waals surface area contributed by atoms with Crippen molar-refractivity contribution in [3.05, 3.63) is 53.3 Å². The van der Waals surface area contributed by atoms with Gasteiger partial charge in [0.1, 0.15) is 5.75 Å². The third-order valence-electron chi connectivity index (χ3n) is 2.48. The summed E-state index contributed by atoms with van der Waals surface area (Å²) in [6, 6.07) is 8.76. The van der Waals surface area contributed by atoms with Crippen molar-refractivity contribution >= 4 is 11.6 Å². The lowest BCUT2D eigenvalue weighted by atomic mass is 10.1. The highest BCUT2D eigenvalue weighted by Crippen LogP contribution is 2.17. The van der Waals surface area contributed by atoms with Crippen molar-refractivity contribution in [2.45, 2.75) is 13.8 Å². The van der Waals surface area contributed by atoms with Gasteiger partial charge in [-0.25, -0.2) is 4.98 Å². The molecule has 4 heteroatoms. The van der Waals surface area contributed by atoms with E-state index in [-0.39, 0.29) is 11.4 Å². The highest BCUT2D eigenvalue weighted by Gasteiger charge is 2.12. The van der Waals surface area contributed by atoms with Crippen LogP contribution in [0, 0.1) is 13.8 Å². The number of aryl methyl sites for hydroxylation is 2. The largest absolute Gasteiger partial charge is 0.505 e. The predicted molar refractivity (Wildman–Crippen MR) is 69.8 cm³/mol. The number of pyridine rings is 1. The molecular formula is C14H14N2O2. The first-order chi connectivity index (χ1) is 8.56. The molecule has 1 aromatic carbocycles. The molecule has 0 saturated carbocycles. The smallest absolute Gasteiger partial charge is 0.278 e. The zero-order chi connectivity index (χ0) is 13.1. The van der Waals surface area contributed by atoms with Crippen molar-refractivity contribution in [3.8, 4) is 5.75 Å². The van der Waals surface area contributed by atoms with Gasteiger partial charge < -0.3 is 10.4 Å². The van der Waals surface area contributed by atoms with Crippen molar-refractivity contribution in [2.24, 2.45) is 0 Å². The number of aromatic hydroxyl groups is 1.